The minimum Gasteiger partial charge on any atom is -0.326 e. The number of aryl methyl sites for hydroxylation is 1. The van der Waals surface area contributed by atoms with Gasteiger partial charge in [-0.1, -0.05) is 51.4 Å². The summed E-state index contributed by atoms with van der Waals surface area (Å²) >= 11 is 10.7. The smallest absolute Gasteiger partial charge is 0.255 e. The van der Waals surface area contributed by atoms with Gasteiger partial charge >= 0.3 is 0 Å². The Bertz CT molecular complexity index is 1050. The molecule has 3 aromatic rings. The Morgan fingerprint density at radius 1 is 1.25 bits per heavy atom. The van der Waals surface area contributed by atoms with Crippen LogP contribution in [0.5, 0.6) is 0 Å². The number of nitrogens with zero attached hydrogens (tertiary/aromatic N) is 1. The number of aromatic amines is 1. The van der Waals surface area contributed by atoms with Crippen LogP contribution in [-0.4, -0.2) is 15.9 Å². The molecule has 1 amide bonds. The first-order chi connectivity index (χ1) is 13.4. The molecule has 0 aliphatic carbocycles. The number of anilines is 1. The SMILES string of the molecule is Cc1nc(SCc2cccc(Cl)c2)[nH]c(=O)c1CC(=O)Nc1ccc(Br)cc1. The molecule has 0 unspecified atom stereocenters. The van der Waals surface area contributed by atoms with Crippen molar-refractivity contribution in [3.63, 3.8) is 0 Å². The lowest BCUT2D eigenvalue weighted by molar-refractivity contribution is -0.115. The molecule has 144 valence electrons. The number of amides is 1. The van der Waals surface area contributed by atoms with Crippen molar-refractivity contribution in [2.24, 2.45) is 0 Å². The minimum atomic E-state index is -0.299. The van der Waals surface area contributed by atoms with E-state index in [1.165, 1.54) is 11.8 Å². The summed E-state index contributed by atoms with van der Waals surface area (Å²) in [7, 11) is 0. The first kappa shape index (κ1) is 20.6. The number of H-pyrrole nitrogens is 1. The van der Waals surface area contributed by atoms with E-state index >= 15 is 0 Å². The number of thioether (sulfide) groups is 1. The van der Waals surface area contributed by atoms with Gasteiger partial charge < -0.3 is 10.3 Å². The third-order valence-electron chi connectivity index (χ3n) is 3.93. The van der Waals surface area contributed by atoms with Gasteiger partial charge in [-0.3, -0.25) is 9.59 Å². The van der Waals surface area contributed by atoms with Crippen LogP contribution in [0.2, 0.25) is 5.02 Å². The second-order valence-electron chi connectivity index (χ2n) is 6.09. The first-order valence-electron chi connectivity index (χ1n) is 8.43. The fraction of sp³-hybridized carbons (Fsp3) is 0.150. The van der Waals surface area contributed by atoms with Crippen molar-refractivity contribution >= 4 is 50.9 Å². The van der Waals surface area contributed by atoms with Crippen molar-refractivity contribution in [3.8, 4) is 0 Å². The number of carbonyl (C=O) groups is 1. The summed E-state index contributed by atoms with van der Waals surface area (Å²) in [5.74, 6) is 0.365. The van der Waals surface area contributed by atoms with Crippen molar-refractivity contribution in [1.82, 2.24) is 9.97 Å². The molecule has 0 spiro atoms. The van der Waals surface area contributed by atoms with Crippen LogP contribution < -0.4 is 10.9 Å². The normalized spacial score (nSPS) is 10.7. The number of aromatic nitrogens is 2. The molecule has 0 saturated carbocycles. The van der Waals surface area contributed by atoms with E-state index < -0.39 is 0 Å². The predicted molar refractivity (Wildman–Crippen MR) is 117 cm³/mol. The highest BCUT2D eigenvalue weighted by Gasteiger charge is 2.13. The van der Waals surface area contributed by atoms with Gasteiger partial charge in [-0.05, 0) is 48.9 Å². The van der Waals surface area contributed by atoms with Gasteiger partial charge in [-0.2, -0.15) is 0 Å². The summed E-state index contributed by atoms with van der Waals surface area (Å²) in [6, 6.07) is 14.8. The zero-order chi connectivity index (χ0) is 20.1. The van der Waals surface area contributed by atoms with Gasteiger partial charge in [0.05, 0.1) is 6.42 Å². The van der Waals surface area contributed by atoms with Crippen molar-refractivity contribution in [1.29, 1.82) is 0 Å². The molecular weight excluding hydrogens is 462 g/mol. The number of carbonyl (C=O) groups excluding carboxylic acids is 1. The Morgan fingerprint density at radius 3 is 2.68 bits per heavy atom. The van der Waals surface area contributed by atoms with Gasteiger partial charge in [-0.25, -0.2) is 4.98 Å². The molecule has 0 radical (unpaired) electrons. The summed E-state index contributed by atoms with van der Waals surface area (Å²) in [6.07, 6.45) is -0.0382. The molecule has 0 fully saturated rings. The molecule has 0 aliphatic heterocycles. The summed E-state index contributed by atoms with van der Waals surface area (Å²) in [5.41, 5.74) is 2.32. The molecule has 1 aromatic heterocycles. The maximum Gasteiger partial charge on any atom is 0.255 e. The maximum absolute atomic E-state index is 12.4. The largest absolute Gasteiger partial charge is 0.326 e. The van der Waals surface area contributed by atoms with Crippen molar-refractivity contribution in [3.05, 3.63) is 85.2 Å². The molecule has 5 nitrogen and oxygen atoms in total. The standard InChI is InChI=1S/C20H17BrClN3O2S/c1-12-17(10-18(26)24-16-7-5-14(21)6-8-16)19(27)25-20(23-12)28-11-13-3-2-4-15(22)9-13/h2-9H,10-11H2,1H3,(H,24,26)(H,23,25,27). The van der Waals surface area contributed by atoms with Gasteiger partial charge in [0.1, 0.15) is 0 Å². The Kier molecular flexibility index (Phi) is 6.93. The van der Waals surface area contributed by atoms with E-state index in [0.29, 0.717) is 32.9 Å². The first-order valence-corrected chi connectivity index (χ1v) is 10.6. The Hall–Kier alpha value is -2.09. The molecule has 0 atom stereocenters. The highest BCUT2D eigenvalue weighted by Crippen LogP contribution is 2.21. The van der Waals surface area contributed by atoms with Crippen molar-refractivity contribution in [2.45, 2.75) is 24.3 Å². The van der Waals surface area contributed by atoms with Crippen LogP contribution in [-0.2, 0) is 17.0 Å². The average Bonchev–Trinajstić information content (AvgIpc) is 2.65. The molecule has 0 bridgehead atoms. The number of rotatable bonds is 6. The number of nitrogens with one attached hydrogen (secondary N) is 2. The molecule has 8 heteroatoms. The van der Waals surface area contributed by atoms with Crippen molar-refractivity contribution in [2.75, 3.05) is 5.32 Å². The van der Waals surface area contributed by atoms with Gasteiger partial charge in [-0.15, -0.1) is 0 Å². The molecule has 1 heterocycles. The minimum absolute atomic E-state index is 0.0382. The summed E-state index contributed by atoms with van der Waals surface area (Å²) in [4.78, 5) is 31.9. The second-order valence-corrected chi connectivity index (χ2v) is 8.40. The molecule has 0 saturated heterocycles. The van der Waals surface area contributed by atoms with Crippen molar-refractivity contribution < 1.29 is 4.79 Å². The fourth-order valence-electron chi connectivity index (χ4n) is 2.54. The Labute approximate surface area is 180 Å². The van der Waals surface area contributed by atoms with Crippen LogP contribution in [0.25, 0.3) is 0 Å². The van der Waals surface area contributed by atoms with E-state index in [4.69, 9.17) is 11.6 Å². The zero-order valence-corrected chi connectivity index (χ0v) is 18.1. The Balaban J connectivity index is 1.66. The van der Waals surface area contributed by atoms with Gasteiger partial charge in [0, 0.05) is 32.2 Å². The highest BCUT2D eigenvalue weighted by atomic mass is 79.9. The van der Waals surface area contributed by atoms with E-state index in [2.05, 4.69) is 31.2 Å². The fourth-order valence-corrected chi connectivity index (χ4v) is 3.87. The lowest BCUT2D eigenvalue weighted by atomic mass is 10.1. The average molecular weight is 479 g/mol. The van der Waals surface area contributed by atoms with E-state index in [0.717, 1.165) is 10.0 Å². The van der Waals surface area contributed by atoms with Crippen LogP contribution in [0.3, 0.4) is 0 Å². The third kappa shape index (κ3) is 5.70. The summed E-state index contributed by atoms with van der Waals surface area (Å²) in [6.45, 7) is 1.74. The van der Waals surface area contributed by atoms with E-state index in [-0.39, 0.29) is 17.9 Å². The molecular formula is C20H17BrClN3O2S. The quantitative estimate of drug-likeness (QED) is 0.387. The zero-order valence-electron chi connectivity index (χ0n) is 15.0. The van der Waals surface area contributed by atoms with Gasteiger partial charge in [0.25, 0.3) is 5.56 Å². The lowest BCUT2D eigenvalue weighted by Gasteiger charge is -2.08. The summed E-state index contributed by atoms with van der Waals surface area (Å²) < 4.78 is 0.924. The number of hydrogen-bond acceptors (Lipinski definition) is 4. The molecule has 28 heavy (non-hydrogen) atoms. The van der Waals surface area contributed by atoms with Gasteiger partial charge in [0.2, 0.25) is 5.91 Å². The lowest BCUT2D eigenvalue weighted by Crippen LogP contribution is -2.23. The predicted octanol–water partition coefficient (Wildman–Crippen LogP) is 4.97. The van der Waals surface area contributed by atoms with E-state index in [1.54, 1.807) is 19.1 Å². The Morgan fingerprint density at radius 2 is 2.00 bits per heavy atom. The van der Waals surface area contributed by atoms with Gasteiger partial charge in [0.15, 0.2) is 5.16 Å². The monoisotopic (exact) mass is 477 g/mol. The molecule has 2 N–H and O–H groups in total. The van der Waals surface area contributed by atoms with Crippen LogP contribution >= 0.6 is 39.3 Å². The number of hydrogen-bond donors (Lipinski definition) is 2. The summed E-state index contributed by atoms with van der Waals surface area (Å²) in [5, 5.41) is 3.96. The number of halogens is 2. The molecule has 2 aromatic carbocycles. The van der Waals surface area contributed by atoms with Crippen LogP contribution in [0.4, 0.5) is 5.69 Å². The van der Waals surface area contributed by atoms with Crippen LogP contribution in [0.15, 0.2) is 63.0 Å². The topological polar surface area (TPSA) is 74.8 Å². The third-order valence-corrected chi connectivity index (χ3v) is 5.64. The van der Waals surface area contributed by atoms with E-state index in [9.17, 15) is 9.59 Å². The second kappa shape index (κ2) is 9.41. The number of benzene rings is 2. The molecule has 0 aliphatic rings. The van der Waals surface area contributed by atoms with E-state index in [1.807, 2.05) is 36.4 Å². The van der Waals surface area contributed by atoms with Crippen LogP contribution in [0, 0.1) is 6.92 Å². The van der Waals surface area contributed by atoms with Crippen LogP contribution in [0.1, 0.15) is 16.8 Å². The highest BCUT2D eigenvalue weighted by molar-refractivity contribution is 9.10. The maximum atomic E-state index is 12.4. The molecule has 3 rings (SSSR count).